The fourth-order valence-corrected chi connectivity index (χ4v) is 3.26. The van der Waals surface area contributed by atoms with E-state index in [-0.39, 0.29) is 0 Å². The maximum Gasteiger partial charge on any atom is 0.122 e. The van der Waals surface area contributed by atoms with Crippen molar-refractivity contribution < 1.29 is 4.42 Å². The molecule has 2 unspecified atom stereocenters. The van der Waals surface area contributed by atoms with Crippen molar-refractivity contribution in [1.82, 2.24) is 10.2 Å². The minimum atomic E-state index is 0.831. The van der Waals surface area contributed by atoms with Crippen LogP contribution in [-0.2, 0) is 13.1 Å². The van der Waals surface area contributed by atoms with Crippen molar-refractivity contribution in [2.75, 3.05) is 13.6 Å². The number of furan rings is 1. The maximum absolute atomic E-state index is 5.61. The Morgan fingerprint density at radius 3 is 3.12 bits per heavy atom. The van der Waals surface area contributed by atoms with E-state index in [9.17, 15) is 0 Å². The van der Waals surface area contributed by atoms with E-state index in [1.54, 1.807) is 0 Å². The SMILES string of the molecule is CNCc1ccoc1CN1CC2CCC1C2. The third-order valence-electron chi connectivity index (χ3n) is 4.07. The zero-order valence-corrected chi connectivity index (χ0v) is 9.91. The molecular weight excluding hydrogens is 200 g/mol. The van der Waals surface area contributed by atoms with Crippen molar-refractivity contribution in [2.24, 2.45) is 5.92 Å². The summed E-state index contributed by atoms with van der Waals surface area (Å²) in [5.41, 5.74) is 1.31. The zero-order valence-electron chi connectivity index (χ0n) is 9.91. The van der Waals surface area contributed by atoms with Crippen LogP contribution in [0.5, 0.6) is 0 Å². The van der Waals surface area contributed by atoms with E-state index in [0.717, 1.165) is 30.8 Å². The third-order valence-corrected chi connectivity index (χ3v) is 4.07. The largest absolute Gasteiger partial charge is 0.468 e. The van der Waals surface area contributed by atoms with Gasteiger partial charge in [0.1, 0.15) is 5.76 Å². The van der Waals surface area contributed by atoms with Gasteiger partial charge in [0.15, 0.2) is 0 Å². The fraction of sp³-hybridized carbons (Fsp3) is 0.692. The second-order valence-electron chi connectivity index (χ2n) is 5.16. The van der Waals surface area contributed by atoms with Gasteiger partial charge in [0.25, 0.3) is 0 Å². The molecule has 0 radical (unpaired) electrons. The highest BCUT2D eigenvalue weighted by molar-refractivity contribution is 5.17. The van der Waals surface area contributed by atoms with Crippen LogP contribution in [0.2, 0.25) is 0 Å². The van der Waals surface area contributed by atoms with Crippen molar-refractivity contribution in [3.8, 4) is 0 Å². The van der Waals surface area contributed by atoms with Crippen LogP contribution in [-0.4, -0.2) is 24.5 Å². The van der Waals surface area contributed by atoms with Gasteiger partial charge in [0.05, 0.1) is 12.8 Å². The zero-order chi connectivity index (χ0) is 11.0. The number of nitrogens with one attached hydrogen (secondary N) is 1. The van der Waals surface area contributed by atoms with Gasteiger partial charge in [-0.25, -0.2) is 0 Å². The van der Waals surface area contributed by atoms with Crippen molar-refractivity contribution >= 4 is 0 Å². The summed E-state index contributed by atoms with van der Waals surface area (Å²) in [4.78, 5) is 2.60. The van der Waals surface area contributed by atoms with Crippen LogP contribution in [0.25, 0.3) is 0 Å². The molecule has 1 aliphatic carbocycles. The molecule has 1 N–H and O–H groups in total. The van der Waals surface area contributed by atoms with Gasteiger partial charge in [-0.15, -0.1) is 0 Å². The van der Waals surface area contributed by atoms with Gasteiger partial charge >= 0.3 is 0 Å². The predicted molar refractivity (Wildman–Crippen MR) is 63.0 cm³/mol. The first-order valence-electron chi connectivity index (χ1n) is 6.30. The van der Waals surface area contributed by atoms with Crippen molar-refractivity contribution in [2.45, 2.75) is 38.4 Å². The lowest BCUT2D eigenvalue weighted by Crippen LogP contribution is -2.31. The smallest absolute Gasteiger partial charge is 0.122 e. The van der Waals surface area contributed by atoms with Gasteiger partial charge < -0.3 is 9.73 Å². The molecule has 3 rings (SSSR count). The first-order chi connectivity index (χ1) is 7.86. The Kier molecular flexibility index (Phi) is 2.74. The Balaban J connectivity index is 1.67. The van der Waals surface area contributed by atoms with Gasteiger partial charge in [-0.1, -0.05) is 0 Å². The minimum absolute atomic E-state index is 0.831. The summed E-state index contributed by atoms with van der Waals surface area (Å²) >= 11 is 0. The molecule has 2 atom stereocenters. The standard InChI is InChI=1S/C13H20N2O/c1-14-7-11-4-5-16-13(11)9-15-8-10-2-3-12(15)6-10/h4-5,10,12,14H,2-3,6-9H2,1H3. The van der Waals surface area contributed by atoms with Gasteiger partial charge in [-0.3, -0.25) is 4.90 Å². The van der Waals surface area contributed by atoms with Gasteiger partial charge in [-0.2, -0.15) is 0 Å². The quantitative estimate of drug-likeness (QED) is 0.841. The molecular formula is C13H20N2O. The van der Waals surface area contributed by atoms with Crippen LogP contribution in [0.15, 0.2) is 16.7 Å². The topological polar surface area (TPSA) is 28.4 Å². The lowest BCUT2D eigenvalue weighted by Gasteiger charge is -2.26. The summed E-state index contributed by atoms with van der Waals surface area (Å²) < 4.78 is 5.61. The van der Waals surface area contributed by atoms with E-state index in [2.05, 4.69) is 16.3 Å². The van der Waals surface area contributed by atoms with Crippen LogP contribution >= 0.6 is 0 Å². The van der Waals surface area contributed by atoms with Crippen molar-refractivity contribution in [3.63, 3.8) is 0 Å². The van der Waals surface area contributed by atoms with Crippen LogP contribution in [0, 0.1) is 5.92 Å². The summed E-state index contributed by atoms with van der Waals surface area (Å²) in [7, 11) is 1.98. The third kappa shape index (κ3) is 1.78. The first-order valence-corrected chi connectivity index (χ1v) is 6.30. The van der Waals surface area contributed by atoms with Crippen LogP contribution in [0.3, 0.4) is 0 Å². The molecule has 0 amide bonds. The van der Waals surface area contributed by atoms with E-state index >= 15 is 0 Å². The summed E-state index contributed by atoms with van der Waals surface area (Å²) in [6, 6.07) is 2.91. The van der Waals surface area contributed by atoms with E-state index in [1.807, 2.05) is 13.3 Å². The number of nitrogens with zero attached hydrogens (tertiary/aromatic N) is 1. The van der Waals surface area contributed by atoms with Crippen LogP contribution < -0.4 is 5.32 Å². The number of rotatable bonds is 4. The van der Waals surface area contributed by atoms with Gasteiger partial charge in [-0.05, 0) is 38.3 Å². The molecule has 1 aromatic rings. The highest BCUT2D eigenvalue weighted by Crippen LogP contribution is 2.38. The first kappa shape index (κ1) is 10.4. The molecule has 16 heavy (non-hydrogen) atoms. The maximum atomic E-state index is 5.61. The molecule has 1 aliphatic heterocycles. The molecule has 88 valence electrons. The Hall–Kier alpha value is -0.800. The summed E-state index contributed by atoms with van der Waals surface area (Å²) in [5.74, 6) is 2.12. The molecule has 2 aliphatic rings. The lowest BCUT2D eigenvalue weighted by atomic mass is 10.1. The van der Waals surface area contributed by atoms with Crippen molar-refractivity contribution in [1.29, 1.82) is 0 Å². The molecule has 1 aromatic heterocycles. The van der Waals surface area contributed by atoms with Crippen molar-refractivity contribution in [3.05, 3.63) is 23.7 Å². The molecule has 2 heterocycles. The summed E-state index contributed by atoms with van der Waals surface area (Å²) in [5, 5.41) is 3.19. The Labute approximate surface area is 96.8 Å². The molecule has 3 nitrogen and oxygen atoms in total. The van der Waals surface area contributed by atoms with E-state index in [4.69, 9.17) is 4.42 Å². The summed E-state index contributed by atoms with van der Waals surface area (Å²) in [6.45, 7) is 3.20. The number of likely N-dealkylation sites (tertiary alicyclic amines) is 1. The Bertz CT molecular complexity index is 361. The van der Waals surface area contributed by atoms with Gasteiger partial charge in [0, 0.05) is 24.7 Å². The average molecular weight is 220 g/mol. The van der Waals surface area contributed by atoms with Crippen LogP contribution in [0.1, 0.15) is 30.6 Å². The number of hydrogen-bond donors (Lipinski definition) is 1. The number of fused-ring (bicyclic) bond motifs is 2. The normalized spacial score (nSPS) is 29.1. The molecule has 0 spiro atoms. The van der Waals surface area contributed by atoms with E-state index < -0.39 is 0 Å². The van der Waals surface area contributed by atoms with E-state index in [1.165, 1.54) is 31.4 Å². The van der Waals surface area contributed by atoms with Crippen LogP contribution in [0.4, 0.5) is 0 Å². The lowest BCUT2D eigenvalue weighted by molar-refractivity contribution is 0.189. The molecule has 2 fully saturated rings. The Morgan fingerprint density at radius 1 is 1.50 bits per heavy atom. The fourth-order valence-electron chi connectivity index (χ4n) is 3.26. The molecule has 1 saturated carbocycles. The second-order valence-corrected chi connectivity index (χ2v) is 5.16. The number of hydrogen-bond acceptors (Lipinski definition) is 3. The van der Waals surface area contributed by atoms with E-state index in [0.29, 0.717) is 0 Å². The highest BCUT2D eigenvalue weighted by atomic mass is 16.3. The average Bonchev–Trinajstić information content (AvgIpc) is 2.96. The predicted octanol–water partition coefficient (Wildman–Crippen LogP) is 1.98. The molecule has 1 saturated heterocycles. The molecule has 2 bridgehead atoms. The number of piperidine rings is 1. The van der Waals surface area contributed by atoms with Gasteiger partial charge in [0.2, 0.25) is 0 Å². The second kappa shape index (κ2) is 4.22. The highest BCUT2D eigenvalue weighted by Gasteiger charge is 2.37. The monoisotopic (exact) mass is 220 g/mol. The summed E-state index contributed by atoms with van der Waals surface area (Å²) in [6.07, 6.45) is 6.08. The Morgan fingerprint density at radius 2 is 2.44 bits per heavy atom. The minimum Gasteiger partial charge on any atom is -0.468 e. The molecule has 3 heteroatoms. The molecule has 0 aromatic carbocycles.